The van der Waals surface area contributed by atoms with Crippen molar-refractivity contribution >= 4 is 0 Å². The van der Waals surface area contributed by atoms with Gasteiger partial charge in [0.15, 0.2) is 0 Å². The Morgan fingerprint density at radius 2 is 0.472 bits per heavy atom. The molecule has 13 saturated carbocycles. The quantitative estimate of drug-likeness (QED) is 0.281. The second kappa shape index (κ2) is 13.2. The van der Waals surface area contributed by atoms with Crippen LogP contribution >= 0.6 is 0 Å². The highest BCUT2D eigenvalue weighted by atomic mass is 15.2. The fourth-order valence-corrected chi connectivity index (χ4v) is 22.9. The van der Waals surface area contributed by atoms with E-state index in [2.05, 4.69) is 4.90 Å². The molecule has 0 bridgehead atoms. The van der Waals surface area contributed by atoms with Gasteiger partial charge in [0.25, 0.3) is 0 Å². The summed E-state index contributed by atoms with van der Waals surface area (Å²) < 4.78 is 0. The van der Waals surface area contributed by atoms with Gasteiger partial charge in [-0.1, -0.05) is 64.2 Å². The summed E-state index contributed by atoms with van der Waals surface area (Å²) in [5, 5.41) is 0. The molecule has 0 heterocycles. The number of hydrogen-bond acceptors (Lipinski definition) is 1. The van der Waals surface area contributed by atoms with E-state index in [0.717, 1.165) is 77.3 Å². The van der Waals surface area contributed by atoms with E-state index in [1.54, 1.807) is 122 Å². The summed E-state index contributed by atoms with van der Waals surface area (Å²) in [5.41, 5.74) is 0. The molecule has 0 aromatic rings. The van der Waals surface area contributed by atoms with Crippen LogP contribution in [0.1, 0.15) is 186 Å². The van der Waals surface area contributed by atoms with Gasteiger partial charge in [0.05, 0.1) is 0 Å². The van der Waals surface area contributed by atoms with Crippen LogP contribution in [0.15, 0.2) is 0 Å². The topological polar surface area (TPSA) is 3.24 Å². The Bertz CT molecular complexity index is 1270. The van der Waals surface area contributed by atoms with Gasteiger partial charge in [-0.15, -0.1) is 0 Å². The van der Waals surface area contributed by atoms with E-state index in [9.17, 15) is 0 Å². The van der Waals surface area contributed by atoms with Gasteiger partial charge in [-0.3, -0.25) is 4.90 Å². The summed E-state index contributed by atoms with van der Waals surface area (Å²) in [6.07, 6.45) is 46.7. The van der Waals surface area contributed by atoms with Gasteiger partial charge in [-0.2, -0.15) is 0 Å². The molecule has 53 heavy (non-hydrogen) atoms. The highest BCUT2D eigenvalue weighted by Crippen LogP contribution is 2.77. The number of fused-ring (bicyclic) bond motifs is 13. The van der Waals surface area contributed by atoms with E-state index < -0.39 is 0 Å². The molecule has 21 atom stereocenters. The molecule has 21 unspecified atom stereocenters. The van der Waals surface area contributed by atoms with E-state index in [0.29, 0.717) is 0 Å². The van der Waals surface area contributed by atoms with Crippen molar-refractivity contribution in [2.45, 2.75) is 204 Å². The molecule has 0 saturated heterocycles. The van der Waals surface area contributed by atoms with Gasteiger partial charge >= 0.3 is 0 Å². The fourth-order valence-electron chi connectivity index (χ4n) is 22.9. The van der Waals surface area contributed by atoms with Crippen molar-refractivity contribution in [1.29, 1.82) is 0 Å². The zero-order valence-corrected chi connectivity index (χ0v) is 34.2. The fraction of sp³-hybridized carbons (Fsp3) is 1.00. The van der Waals surface area contributed by atoms with E-state index in [1.807, 2.05) is 0 Å². The molecule has 0 spiro atoms. The molecule has 13 aliphatic rings. The Balaban J connectivity index is 0.790. The van der Waals surface area contributed by atoms with Crippen molar-refractivity contribution in [2.75, 3.05) is 0 Å². The maximum atomic E-state index is 3.33. The van der Waals surface area contributed by atoms with Gasteiger partial charge in [0, 0.05) is 18.1 Å². The van der Waals surface area contributed by atoms with Crippen LogP contribution in [0.25, 0.3) is 0 Å². The first-order chi connectivity index (χ1) is 26.3. The van der Waals surface area contributed by atoms with E-state index in [1.165, 1.54) is 123 Å². The minimum atomic E-state index is 0.949. The lowest BCUT2D eigenvalue weighted by atomic mass is 9.40. The highest BCUT2D eigenvalue weighted by molar-refractivity contribution is 5.19. The molecule has 294 valence electrons. The molecular formula is C52H81N. The molecule has 13 fully saturated rings. The molecule has 0 radical (unpaired) electrons. The predicted octanol–water partition coefficient (Wildman–Crippen LogP) is 13.2. The minimum absolute atomic E-state index is 0.949. The summed E-state index contributed by atoms with van der Waals surface area (Å²) in [4.78, 5) is 3.33. The lowest BCUT2D eigenvalue weighted by Crippen LogP contribution is -2.59. The molecule has 13 rings (SSSR count). The van der Waals surface area contributed by atoms with Crippen LogP contribution in [0.4, 0.5) is 0 Å². The molecule has 0 amide bonds. The van der Waals surface area contributed by atoms with Gasteiger partial charge in [-0.25, -0.2) is 0 Å². The summed E-state index contributed by atoms with van der Waals surface area (Å²) in [7, 11) is 0. The molecular weight excluding hydrogens is 639 g/mol. The molecule has 0 N–H and O–H groups in total. The SMILES string of the molecule is C1CCC(N(C2CCCCC2)C2CCC3C(C2)C2CCC4C5CCC6C7C8CCCCC8C8CCCCC8C7C7CCC(C8CCC3C2C84)C5C76)CC1. The number of rotatable bonds is 3. The number of hydrogen-bond donors (Lipinski definition) is 0. The molecule has 1 heteroatoms. The van der Waals surface area contributed by atoms with Crippen LogP contribution in [0.2, 0.25) is 0 Å². The predicted molar refractivity (Wildman–Crippen MR) is 217 cm³/mol. The lowest BCUT2D eigenvalue weighted by Gasteiger charge is -2.65. The Hall–Kier alpha value is -0.0400. The maximum Gasteiger partial charge on any atom is 0.0104 e. The third-order valence-electron chi connectivity index (χ3n) is 23.4. The average Bonchev–Trinajstić information content (AvgIpc) is 3.74. The minimum Gasteiger partial charge on any atom is -0.294 e. The Kier molecular flexibility index (Phi) is 8.46. The Morgan fingerprint density at radius 1 is 0.189 bits per heavy atom. The first-order valence-corrected chi connectivity index (χ1v) is 26.1. The first kappa shape index (κ1) is 33.9. The largest absolute Gasteiger partial charge is 0.294 e. The zero-order valence-electron chi connectivity index (χ0n) is 34.2. The summed E-state index contributed by atoms with van der Waals surface area (Å²) >= 11 is 0. The molecule has 1 nitrogen and oxygen atoms in total. The molecule has 0 aliphatic heterocycles. The second-order valence-corrected chi connectivity index (χ2v) is 24.1. The molecule has 0 aromatic heterocycles. The van der Waals surface area contributed by atoms with Crippen molar-refractivity contribution in [2.24, 2.45) is 118 Å². The first-order valence-electron chi connectivity index (χ1n) is 26.1. The van der Waals surface area contributed by atoms with E-state index >= 15 is 0 Å². The van der Waals surface area contributed by atoms with Crippen molar-refractivity contribution in [3.8, 4) is 0 Å². The van der Waals surface area contributed by atoms with Gasteiger partial charge in [-0.05, 0) is 240 Å². The van der Waals surface area contributed by atoms with Gasteiger partial charge in [0.2, 0.25) is 0 Å². The monoisotopic (exact) mass is 720 g/mol. The van der Waals surface area contributed by atoms with Crippen molar-refractivity contribution < 1.29 is 0 Å². The normalized spacial score (nSPS) is 58.5. The van der Waals surface area contributed by atoms with Gasteiger partial charge in [0.1, 0.15) is 0 Å². The molecule has 13 aliphatic carbocycles. The zero-order chi connectivity index (χ0) is 34.4. The lowest BCUT2D eigenvalue weighted by molar-refractivity contribution is -0.171. The third kappa shape index (κ3) is 4.88. The van der Waals surface area contributed by atoms with Crippen molar-refractivity contribution in [3.05, 3.63) is 0 Å². The standard InChI is InChI=1S/C52H81N/c1-3-11-30(12-4-1)53(31-13-5-2-6-14-31)32-19-20-35-38-21-22-39-41-25-27-44-50-36-17-9-7-15-33(36)34-16-8-10-18-37(34)51(50)45-28-26-42(49(41)52(44)45)40-23-24-43(46(35)29-32)47(38)48(39)40/h30-52H,1-29H2. The van der Waals surface area contributed by atoms with E-state index in [4.69, 9.17) is 0 Å². The Morgan fingerprint density at radius 3 is 0.943 bits per heavy atom. The average molecular weight is 720 g/mol. The van der Waals surface area contributed by atoms with E-state index in [-0.39, 0.29) is 0 Å². The van der Waals surface area contributed by atoms with Crippen molar-refractivity contribution in [1.82, 2.24) is 4.90 Å². The smallest absolute Gasteiger partial charge is 0.0104 e. The third-order valence-corrected chi connectivity index (χ3v) is 23.4. The van der Waals surface area contributed by atoms with Crippen molar-refractivity contribution in [3.63, 3.8) is 0 Å². The van der Waals surface area contributed by atoms with Crippen LogP contribution in [0.3, 0.4) is 0 Å². The van der Waals surface area contributed by atoms with Crippen LogP contribution in [-0.4, -0.2) is 23.0 Å². The summed E-state index contributed by atoms with van der Waals surface area (Å²) in [6, 6.07) is 2.85. The Labute approximate surface area is 326 Å². The number of nitrogens with zero attached hydrogens (tertiary/aromatic N) is 1. The van der Waals surface area contributed by atoms with Gasteiger partial charge < -0.3 is 0 Å². The molecule has 0 aromatic carbocycles. The highest BCUT2D eigenvalue weighted by Gasteiger charge is 2.71. The summed E-state index contributed by atoms with van der Waals surface area (Å²) in [6.45, 7) is 0. The van der Waals surface area contributed by atoms with Crippen LogP contribution in [0, 0.1) is 118 Å². The van der Waals surface area contributed by atoms with Crippen LogP contribution in [-0.2, 0) is 0 Å². The maximum absolute atomic E-state index is 3.33. The summed E-state index contributed by atoms with van der Waals surface area (Å²) in [5.74, 6) is 23.3. The second-order valence-electron chi connectivity index (χ2n) is 24.1. The van der Waals surface area contributed by atoms with Crippen LogP contribution < -0.4 is 0 Å². The van der Waals surface area contributed by atoms with Crippen LogP contribution in [0.5, 0.6) is 0 Å².